The van der Waals surface area contributed by atoms with Gasteiger partial charge in [-0.25, -0.2) is 4.79 Å². The first kappa shape index (κ1) is 65.7. The van der Waals surface area contributed by atoms with Crippen LogP contribution in [0.5, 0.6) is 0 Å². The van der Waals surface area contributed by atoms with Crippen LogP contribution in [0.1, 0.15) is 192 Å². The monoisotopic (exact) mass is 1040 g/mol. The van der Waals surface area contributed by atoms with E-state index in [1.54, 1.807) is 55.4 Å². The Morgan fingerprint density at radius 3 is 1.36 bits per heavy atom. The van der Waals surface area contributed by atoms with E-state index in [1.807, 2.05) is 13.8 Å². The Bertz CT molecular complexity index is 1810. The Morgan fingerprint density at radius 1 is 0.493 bits per heavy atom. The van der Waals surface area contributed by atoms with Crippen LogP contribution < -0.4 is 37.2 Å². The fraction of sp³-hybridized carbons (Fsp3) is 0.811. The first-order chi connectivity index (χ1) is 34.1. The highest BCUT2D eigenvalue weighted by Crippen LogP contribution is 2.19. The molecule has 0 aliphatic carbocycles. The number of hydrogen-bond donors (Lipinski definition) is 9. The van der Waals surface area contributed by atoms with E-state index >= 15 is 0 Å². The Morgan fingerprint density at radius 2 is 0.904 bits per heavy atom. The van der Waals surface area contributed by atoms with Gasteiger partial charge in [0.25, 0.3) is 0 Å². The molecule has 1 aliphatic rings. The van der Waals surface area contributed by atoms with Crippen LogP contribution >= 0.6 is 0 Å². The van der Waals surface area contributed by atoms with Crippen LogP contribution in [0.2, 0.25) is 0 Å². The van der Waals surface area contributed by atoms with E-state index in [9.17, 15) is 58.2 Å². The van der Waals surface area contributed by atoms with Crippen molar-refractivity contribution in [2.45, 2.75) is 241 Å². The summed E-state index contributed by atoms with van der Waals surface area (Å²) in [7, 11) is 0. The maximum atomic E-state index is 14.2. The lowest BCUT2D eigenvalue weighted by molar-refractivity contribution is -0.155. The van der Waals surface area contributed by atoms with Gasteiger partial charge in [0.05, 0.1) is 12.8 Å². The molecule has 0 aromatic rings. The van der Waals surface area contributed by atoms with Gasteiger partial charge in [0.15, 0.2) is 0 Å². The second-order valence-electron chi connectivity index (χ2n) is 22.2. The summed E-state index contributed by atoms with van der Waals surface area (Å²) in [6.45, 7) is 22.1. The van der Waals surface area contributed by atoms with Gasteiger partial charge in [-0.3, -0.25) is 43.2 Å². The van der Waals surface area contributed by atoms with Crippen molar-refractivity contribution in [3.8, 4) is 0 Å². The zero-order valence-corrected chi connectivity index (χ0v) is 46.0. The van der Waals surface area contributed by atoms with Crippen molar-refractivity contribution in [3.05, 3.63) is 0 Å². The molecule has 9 N–H and O–H groups in total. The number of esters is 1. The van der Waals surface area contributed by atoms with Crippen LogP contribution in [0.4, 0.5) is 0 Å². The molecule has 418 valence electrons. The minimum Gasteiger partial charge on any atom is -0.481 e. The van der Waals surface area contributed by atoms with E-state index in [1.165, 1.54) is 0 Å². The number of carbonyl (C=O) groups excluding carboxylic acids is 8. The number of aliphatic carboxylic acids is 2. The van der Waals surface area contributed by atoms with Gasteiger partial charge in [-0.05, 0) is 80.5 Å². The number of hydrogen-bond acceptors (Lipinski definition) is 11. The second-order valence-corrected chi connectivity index (χ2v) is 22.2. The van der Waals surface area contributed by atoms with Crippen molar-refractivity contribution >= 4 is 59.3 Å². The number of cyclic esters (lactones) is 1. The zero-order chi connectivity index (χ0) is 55.5. The van der Waals surface area contributed by atoms with E-state index in [4.69, 9.17) is 4.74 Å². The SMILES string of the molecule is CC[C@H](C)CCCCCCCC[C@@H]1CC(=O)N[C@@H](CCC(=O)O)C(=O)N[C@@H](CC(C)C)C(=O)N[C@H](CC(C)C)C(=O)N[C@@H](C(C)C)C(=O)N[C@@H](CC(=O)O)C(=O)N[C@H](CC(C)C)C(=O)N[C@@H](CC(C)C)C(=O)O1. The summed E-state index contributed by atoms with van der Waals surface area (Å²) < 4.78 is 6.04. The Balaban J connectivity index is 3.96. The van der Waals surface area contributed by atoms with Gasteiger partial charge in [0.1, 0.15) is 48.4 Å². The average molecular weight is 1040 g/mol. The molecule has 0 radical (unpaired) electrons. The van der Waals surface area contributed by atoms with Crippen LogP contribution in [-0.2, 0) is 52.7 Å². The number of unbranched alkanes of at least 4 members (excludes halogenated alkanes) is 5. The number of amides is 7. The van der Waals surface area contributed by atoms with Crippen LogP contribution in [0, 0.1) is 35.5 Å². The van der Waals surface area contributed by atoms with Gasteiger partial charge >= 0.3 is 17.9 Å². The van der Waals surface area contributed by atoms with Crippen molar-refractivity contribution in [2.24, 2.45) is 35.5 Å². The van der Waals surface area contributed by atoms with Crippen molar-refractivity contribution in [3.63, 3.8) is 0 Å². The lowest BCUT2D eigenvalue weighted by atomic mass is 9.98. The quantitative estimate of drug-likeness (QED) is 0.0453. The lowest BCUT2D eigenvalue weighted by Gasteiger charge is -2.29. The largest absolute Gasteiger partial charge is 0.481 e. The van der Waals surface area contributed by atoms with Gasteiger partial charge in [-0.1, -0.05) is 128 Å². The first-order valence-electron chi connectivity index (χ1n) is 26.9. The Labute approximate surface area is 434 Å². The van der Waals surface area contributed by atoms with Crippen molar-refractivity contribution in [1.82, 2.24) is 37.2 Å². The fourth-order valence-electron chi connectivity index (χ4n) is 8.54. The molecule has 9 atom stereocenters. The number of nitrogens with one attached hydrogen (secondary N) is 7. The van der Waals surface area contributed by atoms with Crippen LogP contribution in [0.3, 0.4) is 0 Å². The minimum atomic E-state index is -1.72. The van der Waals surface area contributed by atoms with Crippen molar-refractivity contribution in [2.75, 3.05) is 0 Å². The van der Waals surface area contributed by atoms with Crippen molar-refractivity contribution < 1.29 is 62.9 Å². The third-order valence-electron chi connectivity index (χ3n) is 12.8. The molecule has 20 nitrogen and oxygen atoms in total. The highest BCUT2D eigenvalue weighted by molar-refractivity contribution is 5.98. The molecule has 0 spiro atoms. The molecule has 0 saturated carbocycles. The second kappa shape index (κ2) is 34.2. The number of carbonyl (C=O) groups is 10. The van der Waals surface area contributed by atoms with Crippen LogP contribution in [0.15, 0.2) is 0 Å². The third-order valence-corrected chi connectivity index (χ3v) is 12.8. The number of carboxylic acids is 2. The van der Waals surface area contributed by atoms with Gasteiger partial charge in [0, 0.05) is 6.42 Å². The third kappa shape index (κ3) is 27.5. The van der Waals surface area contributed by atoms with E-state index in [0.717, 1.165) is 44.9 Å². The maximum absolute atomic E-state index is 14.2. The van der Waals surface area contributed by atoms with Crippen molar-refractivity contribution in [1.29, 1.82) is 0 Å². The Kier molecular flexibility index (Phi) is 30.8. The molecule has 1 rings (SSSR count). The molecule has 0 unspecified atom stereocenters. The zero-order valence-electron chi connectivity index (χ0n) is 46.0. The molecule has 7 amide bonds. The first-order valence-corrected chi connectivity index (χ1v) is 26.9. The summed E-state index contributed by atoms with van der Waals surface area (Å²) >= 11 is 0. The average Bonchev–Trinajstić information content (AvgIpc) is 3.27. The van der Waals surface area contributed by atoms with E-state index in [2.05, 4.69) is 51.1 Å². The predicted molar refractivity (Wildman–Crippen MR) is 276 cm³/mol. The summed E-state index contributed by atoms with van der Waals surface area (Å²) in [6.07, 6.45) is 4.97. The molecule has 0 aromatic heterocycles. The highest BCUT2D eigenvalue weighted by atomic mass is 16.5. The number of rotatable bonds is 24. The maximum Gasteiger partial charge on any atom is 0.328 e. The molecule has 1 aliphatic heterocycles. The molecule has 1 heterocycles. The molecule has 73 heavy (non-hydrogen) atoms. The number of carboxylic acid groups (broad SMARTS) is 2. The standard InChI is InChI=1S/C53H93N7O13/c1-13-35(12)20-18-16-14-15-17-19-21-36-28-43(61)54-37(22-23-44(62)63)47(66)55-38(24-30(2)3)48(67)57-40(26-32(6)7)51(70)60-46(34(10)11)52(71)58-41(29-45(64)65)50(69)56-39(25-31(4)5)49(68)59-42(27-33(8)9)53(72)73-36/h30-42,46H,13-29H2,1-12H3,(H,54,61)(H,55,66)(H,56,69)(H,57,67)(H,58,71)(H,59,68)(H,60,70)(H,62,63)(H,64,65)/t35-,36+,37-,38-,39+,40+,41-,42-,46-/m0/s1. The van der Waals surface area contributed by atoms with Gasteiger partial charge < -0.3 is 52.2 Å². The normalized spacial score (nSPS) is 24.4. The van der Waals surface area contributed by atoms with Crippen LogP contribution in [0.25, 0.3) is 0 Å². The molecular weight excluding hydrogens is 943 g/mol. The summed E-state index contributed by atoms with van der Waals surface area (Å²) in [6, 6.07) is -9.64. The summed E-state index contributed by atoms with van der Waals surface area (Å²) in [4.78, 5) is 137. The lowest BCUT2D eigenvalue weighted by Crippen LogP contribution is -2.61. The fourth-order valence-corrected chi connectivity index (χ4v) is 8.54. The Hall–Kier alpha value is -5.30. The minimum absolute atomic E-state index is 0.0392. The number of ether oxygens (including phenoxy) is 1. The predicted octanol–water partition coefficient (Wildman–Crippen LogP) is 5.04. The smallest absolute Gasteiger partial charge is 0.328 e. The molecule has 0 aromatic carbocycles. The van der Waals surface area contributed by atoms with E-state index in [0.29, 0.717) is 12.3 Å². The molecule has 1 fully saturated rings. The summed E-state index contributed by atoms with van der Waals surface area (Å²) in [5, 5.41) is 37.9. The van der Waals surface area contributed by atoms with Gasteiger partial charge in [-0.15, -0.1) is 0 Å². The highest BCUT2D eigenvalue weighted by Gasteiger charge is 2.37. The van der Waals surface area contributed by atoms with E-state index in [-0.39, 0.29) is 62.2 Å². The molecule has 20 heteroatoms. The van der Waals surface area contributed by atoms with Gasteiger partial charge in [0.2, 0.25) is 41.4 Å². The molecule has 1 saturated heterocycles. The topological polar surface area (TPSA) is 305 Å². The van der Waals surface area contributed by atoms with E-state index < -0.39 is 133 Å². The molecular formula is C53H93N7O13. The summed E-state index contributed by atoms with van der Waals surface area (Å²) in [5.41, 5.74) is 0. The van der Waals surface area contributed by atoms with Gasteiger partial charge in [-0.2, -0.15) is 0 Å². The summed E-state index contributed by atoms with van der Waals surface area (Å²) in [5.74, 6) is -10.1. The molecule has 0 bridgehead atoms. The van der Waals surface area contributed by atoms with Crippen LogP contribution in [-0.4, -0.2) is 118 Å².